The predicted molar refractivity (Wildman–Crippen MR) is 76.4 cm³/mol. The minimum absolute atomic E-state index is 0.0595. The van der Waals surface area contributed by atoms with Crippen molar-refractivity contribution in [2.75, 3.05) is 26.0 Å². The standard InChI is InChI=1S/C11H17BrN2O4S/c1-7-3-9(12)10(13)4-11(7)19(16,17)14-5-8(15)6-18-2/h3-4,8,14-15H,5-6,13H2,1-2H3. The Kier molecular flexibility index (Phi) is 5.75. The van der Waals surface area contributed by atoms with E-state index in [9.17, 15) is 13.5 Å². The number of rotatable bonds is 6. The highest BCUT2D eigenvalue weighted by Crippen LogP contribution is 2.26. The van der Waals surface area contributed by atoms with Gasteiger partial charge < -0.3 is 15.6 Å². The number of anilines is 1. The second kappa shape index (κ2) is 6.67. The molecule has 4 N–H and O–H groups in total. The first-order chi connectivity index (χ1) is 8.77. The largest absolute Gasteiger partial charge is 0.398 e. The van der Waals surface area contributed by atoms with Gasteiger partial charge in [0.2, 0.25) is 10.0 Å². The second-order valence-corrected chi connectivity index (χ2v) is 6.69. The number of aliphatic hydroxyl groups excluding tert-OH is 1. The van der Waals surface area contributed by atoms with E-state index in [1.54, 1.807) is 13.0 Å². The molecule has 0 aromatic heterocycles. The van der Waals surface area contributed by atoms with Gasteiger partial charge in [0.15, 0.2) is 0 Å². The highest BCUT2D eigenvalue weighted by atomic mass is 79.9. The van der Waals surface area contributed by atoms with Gasteiger partial charge in [-0.15, -0.1) is 0 Å². The van der Waals surface area contributed by atoms with Crippen LogP contribution in [0.15, 0.2) is 21.5 Å². The number of nitrogen functional groups attached to an aromatic ring is 1. The third-order valence-corrected chi connectivity index (χ3v) is 4.70. The van der Waals surface area contributed by atoms with Gasteiger partial charge >= 0.3 is 0 Å². The summed E-state index contributed by atoms with van der Waals surface area (Å²) >= 11 is 3.23. The van der Waals surface area contributed by atoms with Crippen LogP contribution in [0, 0.1) is 6.92 Å². The van der Waals surface area contributed by atoms with E-state index in [1.165, 1.54) is 13.2 Å². The molecule has 0 heterocycles. The molecule has 1 aromatic carbocycles. The Bertz CT molecular complexity index is 548. The molecule has 0 saturated heterocycles. The third kappa shape index (κ3) is 4.43. The summed E-state index contributed by atoms with van der Waals surface area (Å²) in [6.45, 7) is 1.61. The minimum atomic E-state index is -3.71. The van der Waals surface area contributed by atoms with Gasteiger partial charge in [-0.25, -0.2) is 13.1 Å². The van der Waals surface area contributed by atoms with Crippen LogP contribution in [0.2, 0.25) is 0 Å². The fourth-order valence-corrected chi connectivity index (χ4v) is 3.28. The maximum atomic E-state index is 12.1. The SMILES string of the molecule is COCC(O)CNS(=O)(=O)c1cc(N)c(Br)cc1C. The van der Waals surface area contributed by atoms with Crippen LogP contribution in [-0.4, -0.2) is 39.9 Å². The van der Waals surface area contributed by atoms with Gasteiger partial charge in [-0.05, 0) is 40.5 Å². The Hall–Kier alpha value is -0.670. The number of aryl methyl sites for hydroxylation is 1. The summed E-state index contributed by atoms with van der Waals surface area (Å²) in [5, 5.41) is 9.44. The molecule has 1 rings (SSSR count). The summed E-state index contributed by atoms with van der Waals surface area (Å²) in [7, 11) is -2.28. The molecule has 0 aliphatic heterocycles. The lowest BCUT2D eigenvalue weighted by molar-refractivity contribution is 0.0679. The monoisotopic (exact) mass is 352 g/mol. The fraction of sp³-hybridized carbons (Fsp3) is 0.455. The minimum Gasteiger partial charge on any atom is -0.398 e. The van der Waals surface area contributed by atoms with Crippen LogP contribution in [0.1, 0.15) is 5.56 Å². The summed E-state index contributed by atoms with van der Waals surface area (Å²) < 4.78 is 31.9. The number of sulfonamides is 1. The van der Waals surface area contributed by atoms with E-state index in [0.717, 1.165) is 0 Å². The molecule has 1 aromatic rings. The number of benzene rings is 1. The van der Waals surface area contributed by atoms with E-state index in [-0.39, 0.29) is 18.0 Å². The molecule has 1 unspecified atom stereocenters. The first kappa shape index (κ1) is 16.4. The number of halogens is 1. The van der Waals surface area contributed by atoms with Crippen molar-refractivity contribution in [3.8, 4) is 0 Å². The van der Waals surface area contributed by atoms with E-state index in [4.69, 9.17) is 10.5 Å². The molecule has 8 heteroatoms. The highest BCUT2D eigenvalue weighted by Gasteiger charge is 2.19. The zero-order chi connectivity index (χ0) is 14.6. The van der Waals surface area contributed by atoms with E-state index in [0.29, 0.717) is 15.7 Å². The third-order valence-electron chi connectivity index (χ3n) is 2.45. The molecule has 19 heavy (non-hydrogen) atoms. The Labute approximate surface area is 121 Å². The molecule has 0 radical (unpaired) electrons. The van der Waals surface area contributed by atoms with Gasteiger partial charge in [-0.2, -0.15) is 0 Å². The Morgan fingerprint density at radius 1 is 1.53 bits per heavy atom. The van der Waals surface area contributed by atoms with Gasteiger partial charge in [0.05, 0.1) is 17.6 Å². The molecule has 6 nitrogen and oxygen atoms in total. The smallest absolute Gasteiger partial charge is 0.240 e. The summed E-state index contributed by atoms with van der Waals surface area (Å²) in [6, 6.07) is 3.01. The van der Waals surface area contributed by atoms with Gasteiger partial charge in [-0.3, -0.25) is 0 Å². The summed E-state index contributed by atoms with van der Waals surface area (Å²) in [6.07, 6.45) is -0.895. The van der Waals surface area contributed by atoms with Crippen molar-refractivity contribution in [2.45, 2.75) is 17.9 Å². The van der Waals surface area contributed by atoms with Gasteiger partial charge in [0.25, 0.3) is 0 Å². The van der Waals surface area contributed by atoms with Crippen molar-refractivity contribution in [1.82, 2.24) is 4.72 Å². The molecule has 0 aliphatic carbocycles. The van der Waals surface area contributed by atoms with Crippen LogP contribution < -0.4 is 10.5 Å². The number of nitrogens with one attached hydrogen (secondary N) is 1. The van der Waals surface area contributed by atoms with Crippen molar-refractivity contribution in [3.63, 3.8) is 0 Å². The number of ether oxygens (including phenoxy) is 1. The molecule has 0 bridgehead atoms. The molecular weight excluding hydrogens is 336 g/mol. The van der Waals surface area contributed by atoms with Crippen molar-refractivity contribution in [1.29, 1.82) is 0 Å². The molecule has 0 aliphatic rings. The van der Waals surface area contributed by atoms with Crippen molar-refractivity contribution in [3.05, 3.63) is 22.2 Å². The number of nitrogens with two attached hydrogens (primary N) is 1. The zero-order valence-corrected chi connectivity index (χ0v) is 13.1. The van der Waals surface area contributed by atoms with Gasteiger partial charge in [0, 0.05) is 23.8 Å². The molecule has 0 spiro atoms. The number of hydrogen-bond donors (Lipinski definition) is 3. The number of aliphatic hydroxyl groups is 1. The van der Waals surface area contributed by atoms with Crippen LogP contribution in [0.3, 0.4) is 0 Å². The van der Waals surface area contributed by atoms with Gasteiger partial charge in [-0.1, -0.05) is 0 Å². The molecule has 108 valence electrons. The first-order valence-electron chi connectivity index (χ1n) is 5.50. The van der Waals surface area contributed by atoms with Crippen LogP contribution in [0.5, 0.6) is 0 Å². The van der Waals surface area contributed by atoms with E-state index >= 15 is 0 Å². The lowest BCUT2D eigenvalue weighted by Gasteiger charge is -2.13. The average molecular weight is 353 g/mol. The first-order valence-corrected chi connectivity index (χ1v) is 7.78. The van der Waals surface area contributed by atoms with Crippen LogP contribution in [-0.2, 0) is 14.8 Å². The molecular formula is C11H17BrN2O4S. The Morgan fingerprint density at radius 2 is 2.16 bits per heavy atom. The maximum absolute atomic E-state index is 12.1. The quantitative estimate of drug-likeness (QED) is 0.651. The predicted octanol–water partition coefficient (Wildman–Crippen LogP) is 0.625. The van der Waals surface area contributed by atoms with E-state index in [2.05, 4.69) is 20.7 Å². The molecule has 0 saturated carbocycles. The Morgan fingerprint density at radius 3 is 2.74 bits per heavy atom. The second-order valence-electron chi connectivity index (χ2n) is 4.10. The molecule has 0 fully saturated rings. The van der Waals surface area contributed by atoms with Crippen molar-refractivity contribution >= 4 is 31.6 Å². The summed E-state index contributed by atoms with van der Waals surface area (Å²) in [4.78, 5) is 0.0952. The summed E-state index contributed by atoms with van der Waals surface area (Å²) in [5.74, 6) is 0. The lowest BCUT2D eigenvalue weighted by atomic mass is 10.2. The normalized spacial score (nSPS) is 13.5. The molecule has 1 atom stereocenters. The Balaban J connectivity index is 2.92. The average Bonchev–Trinajstić information content (AvgIpc) is 2.31. The van der Waals surface area contributed by atoms with Crippen molar-refractivity contribution < 1.29 is 18.3 Å². The fourth-order valence-electron chi connectivity index (χ4n) is 1.49. The van der Waals surface area contributed by atoms with Crippen LogP contribution >= 0.6 is 15.9 Å². The van der Waals surface area contributed by atoms with Crippen molar-refractivity contribution in [2.24, 2.45) is 0 Å². The van der Waals surface area contributed by atoms with Gasteiger partial charge in [0.1, 0.15) is 0 Å². The maximum Gasteiger partial charge on any atom is 0.240 e. The van der Waals surface area contributed by atoms with E-state index in [1.807, 2.05) is 0 Å². The highest BCUT2D eigenvalue weighted by molar-refractivity contribution is 9.10. The summed E-state index contributed by atoms with van der Waals surface area (Å²) in [5.41, 5.74) is 6.58. The van der Waals surface area contributed by atoms with Crippen LogP contribution in [0.4, 0.5) is 5.69 Å². The molecule has 0 amide bonds. The lowest BCUT2D eigenvalue weighted by Crippen LogP contribution is -2.34. The van der Waals surface area contributed by atoms with E-state index < -0.39 is 16.1 Å². The topological polar surface area (TPSA) is 102 Å². The van der Waals surface area contributed by atoms with Crippen LogP contribution in [0.25, 0.3) is 0 Å². The number of methoxy groups -OCH3 is 1. The zero-order valence-electron chi connectivity index (χ0n) is 10.7. The number of hydrogen-bond acceptors (Lipinski definition) is 5.